The number of carbonyl (C=O) groups is 2. The highest BCUT2D eigenvalue weighted by molar-refractivity contribution is 6.30. The van der Waals surface area contributed by atoms with Crippen molar-refractivity contribution in [2.45, 2.75) is 71.2 Å². The Morgan fingerprint density at radius 1 is 1.18 bits per heavy atom. The molecule has 4 rings (SSSR count). The maximum absolute atomic E-state index is 13.7. The van der Waals surface area contributed by atoms with Crippen LogP contribution in [-0.4, -0.2) is 54.7 Å². The van der Waals surface area contributed by atoms with E-state index in [9.17, 15) is 19.5 Å². The summed E-state index contributed by atoms with van der Waals surface area (Å²) in [5, 5.41) is 20.3. The molecular formula is C28H32ClN5O5. The first-order chi connectivity index (χ1) is 18.3. The lowest BCUT2D eigenvalue weighted by molar-refractivity contribution is -0.141. The average Bonchev–Trinajstić information content (AvgIpc) is 3.33. The summed E-state index contributed by atoms with van der Waals surface area (Å²) in [6, 6.07) is 10.2. The summed E-state index contributed by atoms with van der Waals surface area (Å²) in [5.74, 6) is -0.491. The second-order valence-corrected chi connectivity index (χ2v) is 10.8. The smallest absolute Gasteiger partial charge is 0.307 e. The van der Waals surface area contributed by atoms with E-state index < -0.39 is 29.2 Å². The average molecular weight is 554 g/mol. The van der Waals surface area contributed by atoms with E-state index >= 15 is 0 Å². The van der Waals surface area contributed by atoms with Crippen LogP contribution in [0.5, 0.6) is 11.5 Å². The van der Waals surface area contributed by atoms with Gasteiger partial charge in [-0.05, 0) is 77.3 Å². The Kier molecular flexibility index (Phi) is 8.08. The minimum Gasteiger partial charge on any atom is -0.450 e. The minimum atomic E-state index is -1.14. The van der Waals surface area contributed by atoms with Crippen molar-refractivity contribution in [1.82, 2.24) is 25.4 Å². The van der Waals surface area contributed by atoms with Crippen molar-refractivity contribution in [3.8, 4) is 11.5 Å². The molecule has 1 unspecified atom stereocenters. The number of benzene rings is 1. The lowest BCUT2D eigenvalue weighted by Gasteiger charge is -2.38. The molecule has 1 saturated heterocycles. The molecule has 3 N–H and O–H groups in total. The predicted molar refractivity (Wildman–Crippen MR) is 146 cm³/mol. The predicted octanol–water partition coefficient (Wildman–Crippen LogP) is 3.85. The standard InChI is InChI=1S/C28H32ClN5O5/c1-15-13-23(26(36)33-32-15)39-22-11-9-20(30-16(22)2)25(35)31-17(3)27(37)34-21(10-12-24(34)28(4,5)38)18-7-6-8-19(29)14-18/h6-9,11,13-14,17,21,24,38H,10,12H2,1-5H3,(H,31,35)(H,33,36)/t17?,21-,24+/m0/s1. The second-order valence-electron chi connectivity index (χ2n) is 10.3. The lowest BCUT2D eigenvalue weighted by atomic mass is 9.96. The molecule has 0 aliphatic carbocycles. The summed E-state index contributed by atoms with van der Waals surface area (Å²) in [4.78, 5) is 44.7. The highest BCUT2D eigenvalue weighted by atomic mass is 35.5. The lowest BCUT2D eigenvalue weighted by Crippen LogP contribution is -2.54. The van der Waals surface area contributed by atoms with Crippen LogP contribution >= 0.6 is 11.6 Å². The number of amides is 2. The van der Waals surface area contributed by atoms with Crippen LogP contribution in [0.25, 0.3) is 0 Å². The highest BCUT2D eigenvalue weighted by Crippen LogP contribution is 2.41. The van der Waals surface area contributed by atoms with Crippen LogP contribution in [0.4, 0.5) is 0 Å². The van der Waals surface area contributed by atoms with Crippen LogP contribution < -0.4 is 15.6 Å². The number of nitrogens with one attached hydrogen (secondary N) is 2. The number of H-pyrrole nitrogens is 1. The molecule has 2 aromatic heterocycles. The van der Waals surface area contributed by atoms with Crippen molar-refractivity contribution in [1.29, 1.82) is 0 Å². The highest BCUT2D eigenvalue weighted by Gasteiger charge is 2.45. The zero-order valence-corrected chi connectivity index (χ0v) is 23.2. The first-order valence-corrected chi connectivity index (χ1v) is 13.1. The number of hydrogen-bond donors (Lipinski definition) is 3. The van der Waals surface area contributed by atoms with Crippen LogP contribution in [0.15, 0.2) is 47.3 Å². The number of aryl methyl sites for hydroxylation is 2. The number of hydrogen-bond acceptors (Lipinski definition) is 7. The van der Waals surface area contributed by atoms with Gasteiger partial charge in [0.05, 0.1) is 29.1 Å². The fourth-order valence-electron chi connectivity index (χ4n) is 4.87. The number of halogens is 1. The van der Waals surface area contributed by atoms with Gasteiger partial charge in [-0.2, -0.15) is 5.10 Å². The number of carbonyl (C=O) groups excluding carboxylic acids is 2. The topological polar surface area (TPSA) is 138 Å². The van der Waals surface area contributed by atoms with Gasteiger partial charge >= 0.3 is 5.56 Å². The van der Waals surface area contributed by atoms with E-state index in [0.717, 1.165) is 5.56 Å². The maximum Gasteiger partial charge on any atom is 0.307 e. The second kappa shape index (κ2) is 11.2. The third-order valence-electron chi connectivity index (χ3n) is 6.79. The molecule has 1 fully saturated rings. The third kappa shape index (κ3) is 6.29. The molecule has 0 saturated carbocycles. The van der Waals surface area contributed by atoms with Crippen LogP contribution in [0.1, 0.15) is 67.1 Å². The quantitative estimate of drug-likeness (QED) is 0.404. The zero-order valence-electron chi connectivity index (χ0n) is 22.5. The molecule has 206 valence electrons. The van der Waals surface area contributed by atoms with Gasteiger partial charge < -0.3 is 20.1 Å². The molecular weight excluding hydrogens is 522 g/mol. The molecule has 1 aliphatic rings. The van der Waals surface area contributed by atoms with Crippen molar-refractivity contribution >= 4 is 23.4 Å². The van der Waals surface area contributed by atoms with E-state index in [1.165, 1.54) is 12.1 Å². The van der Waals surface area contributed by atoms with Gasteiger partial charge in [-0.1, -0.05) is 23.7 Å². The molecule has 39 heavy (non-hydrogen) atoms. The molecule has 10 nitrogen and oxygen atoms in total. The fourth-order valence-corrected chi connectivity index (χ4v) is 5.07. The summed E-state index contributed by atoms with van der Waals surface area (Å²) >= 11 is 6.21. The van der Waals surface area contributed by atoms with Gasteiger partial charge in [0.15, 0.2) is 5.75 Å². The van der Waals surface area contributed by atoms with Gasteiger partial charge in [-0.25, -0.2) is 10.1 Å². The summed E-state index contributed by atoms with van der Waals surface area (Å²) in [5.41, 5.74) is 0.293. The zero-order chi connectivity index (χ0) is 28.5. The van der Waals surface area contributed by atoms with E-state index in [4.69, 9.17) is 16.3 Å². The number of rotatable bonds is 7. The Hall–Kier alpha value is -3.76. The van der Waals surface area contributed by atoms with Crippen molar-refractivity contribution < 1.29 is 19.4 Å². The summed E-state index contributed by atoms with van der Waals surface area (Å²) < 4.78 is 5.68. The molecule has 1 aromatic carbocycles. The van der Waals surface area contributed by atoms with Crippen LogP contribution in [0, 0.1) is 13.8 Å². The van der Waals surface area contributed by atoms with Gasteiger partial charge in [0.1, 0.15) is 17.5 Å². The largest absolute Gasteiger partial charge is 0.450 e. The Bertz CT molecular complexity index is 1450. The number of aliphatic hydroxyl groups is 1. The molecule has 0 spiro atoms. The van der Waals surface area contributed by atoms with Crippen molar-refractivity contribution in [2.24, 2.45) is 0 Å². The number of aromatic nitrogens is 3. The van der Waals surface area contributed by atoms with Gasteiger partial charge in [0.25, 0.3) is 5.91 Å². The van der Waals surface area contributed by atoms with E-state index in [2.05, 4.69) is 20.5 Å². The van der Waals surface area contributed by atoms with Gasteiger partial charge in [0, 0.05) is 11.1 Å². The first-order valence-electron chi connectivity index (χ1n) is 12.7. The summed E-state index contributed by atoms with van der Waals surface area (Å²) in [6.07, 6.45) is 1.26. The summed E-state index contributed by atoms with van der Waals surface area (Å²) in [6.45, 7) is 8.33. The first kappa shape index (κ1) is 28.3. The number of likely N-dealkylation sites (tertiary alicyclic amines) is 1. The number of aromatic amines is 1. The van der Waals surface area contributed by atoms with Crippen LogP contribution in [0.2, 0.25) is 5.02 Å². The van der Waals surface area contributed by atoms with Gasteiger partial charge in [-0.15, -0.1) is 0 Å². The van der Waals surface area contributed by atoms with Crippen molar-refractivity contribution in [2.75, 3.05) is 0 Å². The van der Waals surface area contributed by atoms with Crippen LogP contribution in [-0.2, 0) is 4.79 Å². The summed E-state index contributed by atoms with van der Waals surface area (Å²) in [7, 11) is 0. The third-order valence-corrected chi connectivity index (χ3v) is 7.03. The Morgan fingerprint density at radius 2 is 1.92 bits per heavy atom. The molecule has 0 bridgehead atoms. The van der Waals surface area contributed by atoms with Gasteiger partial charge in [0.2, 0.25) is 5.91 Å². The van der Waals surface area contributed by atoms with Crippen molar-refractivity contribution in [3.63, 3.8) is 0 Å². The molecule has 11 heteroatoms. The van der Waals surface area contributed by atoms with E-state index in [-0.39, 0.29) is 23.4 Å². The number of nitrogens with zero attached hydrogens (tertiary/aromatic N) is 3. The Balaban J connectivity index is 1.51. The minimum absolute atomic E-state index is 0.0602. The number of pyridine rings is 1. The maximum atomic E-state index is 13.7. The van der Waals surface area contributed by atoms with Gasteiger partial charge in [-0.3, -0.25) is 14.4 Å². The fraction of sp³-hybridized carbons (Fsp3) is 0.393. The van der Waals surface area contributed by atoms with E-state index in [1.54, 1.807) is 51.7 Å². The van der Waals surface area contributed by atoms with Crippen LogP contribution in [0.3, 0.4) is 0 Å². The monoisotopic (exact) mass is 553 g/mol. The Morgan fingerprint density at radius 3 is 2.59 bits per heavy atom. The molecule has 0 radical (unpaired) electrons. The molecule has 2 amide bonds. The van der Waals surface area contributed by atoms with E-state index in [1.807, 2.05) is 18.2 Å². The molecule has 3 atom stereocenters. The normalized spacial score (nSPS) is 18.1. The Labute approximate surface area is 231 Å². The SMILES string of the molecule is Cc1cc(Oc2ccc(C(=O)NC(C)C(=O)N3[C@H](c4cccc(Cl)c4)CC[C@@H]3C(C)(C)O)nc2C)c(=O)[nH]n1. The molecule has 3 aromatic rings. The van der Waals surface area contributed by atoms with E-state index in [0.29, 0.717) is 35.0 Å². The van der Waals surface area contributed by atoms with Crippen molar-refractivity contribution in [3.05, 3.63) is 80.5 Å². The molecule has 3 heterocycles. The molecule has 1 aliphatic heterocycles. The number of ether oxygens (including phenoxy) is 1.